The van der Waals surface area contributed by atoms with E-state index >= 15 is 0 Å². The average molecular weight is 285 g/mol. The Hall–Kier alpha value is -2.36. The summed E-state index contributed by atoms with van der Waals surface area (Å²) in [7, 11) is 0. The van der Waals surface area contributed by atoms with E-state index in [1.807, 2.05) is 25.1 Å². The monoisotopic (exact) mass is 285 g/mol. The van der Waals surface area contributed by atoms with Crippen molar-refractivity contribution in [3.05, 3.63) is 53.6 Å². The Balaban J connectivity index is 1.81. The number of fused-ring (bicyclic) bond motifs is 1. The molecule has 2 rings (SSSR count). The van der Waals surface area contributed by atoms with Gasteiger partial charge in [0.2, 0.25) is 0 Å². The van der Waals surface area contributed by atoms with E-state index < -0.39 is 5.97 Å². The van der Waals surface area contributed by atoms with E-state index in [2.05, 4.69) is 5.32 Å². The highest BCUT2D eigenvalue weighted by Gasteiger charge is 2.12. The minimum Gasteiger partial charge on any atom is -0.452 e. The number of carbonyl (C=O) groups excluding carboxylic acids is 2. The van der Waals surface area contributed by atoms with Crippen molar-refractivity contribution >= 4 is 17.6 Å². The number of aryl methyl sites for hydroxylation is 2. The highest BCUT2D eigenvalue weighted by molar-refractivity contribution is 5.93. The highest BCUT2D eigenvalue weighted by atomic mass is 16.5. The Bertz CT molecular complexity index is 588. The predicted octanol–water partition coefficient (Wildman–Crippen LogP) is 2.79. The van der Waals surface area contributed by atoms with Crippen LogP contribution in [0.3, 0.4) is 0 Å². The van der Waals surface area contributed by atoms with Gasteiger partial charge in [-0.1, -0.05) is 24.3 Å². The fraction of sp³-hybridized carbons (Fsp3) is 0.294. The Morgan fingerprint density at radius 2 is 2.05 bits per heavy atom. The van der Waals surface area contributed by atoms with Crippen molar-refractivity contribution in [2.24, 2.45) is 0 Å². The first-order valence-corrected chi connectivity index (χ1v) is 7.07. The molecule has 4 nitrogen and oxygen atoms in total. The van der Waals surface area contributed by atoms with Crippen LogP contribution in [0.1, 0.15) is 24.5 Å². The van der Waals surface area contributed by atoms with Gasteiger partial charge in [0.25, 0.3) is 5.91 Å². The van der Waals surface area contributed by atoms with Crippen LogP contribution in [-0.4, -0.2) is 18.5 Å². The number of amides is 1. The van der Waals surface area contributed by atoms with E-state index in [1.165, 1.54) is 23.6 Å². The number of benzene rings is 1. The van der Waals surface area contributed by atoms with E-state index in [-0.39, 0.29) is 12.5 Å². The maximum atomic E-state index is 11.7. The molecule has 0 bridgehead atoms. The summed E-state index contributed by atoms with van der Waals surface area (Å²) in [5.41, 5.74) is 3.40. The number of allylic oxidation sites excluding steroid dienone is 3. The Morgan fingerprint density at radius 1 is 1.24 bits per heavy atom. The van der Waals surface area contributed by atoms with Gasteiger partial charge in [0.05, 0.1) is 0 Å². The summed E-state index contributed by atoms with van der Waals surface area (Å²) in [5, 5.41) is 2.74. The van der Waals surface area contributed by atoms with Gasteiger partial charge in [0.1, 0.15) is 0 Å². The summed E-state index contributed by atoms with van der Waals surface area (Å²) >= 11 is 0. The van der Waals surface area contributed by atoms with Crippen LogP contribution >= 0.6 is 0 Å². The molecule has 0 unspecified atom stereocenters. The molecule has 1 aliphatic rings. The van der Waals surface area contributed by atoms with Gasteiger partial charge in [0.15, 0.2) is 6.61 Å². The molecule has 0 saturated heterocycles. The normalized spacial score (nSPS) is 13.6. The molecule has 1 N–H and O–H groups in total. The number of esters is 1. The molecular weight excluding hydrogens is 266 g/mol. The minimum absolute atomic E-state index is 0.282. The SMILES string of the molecule is C/C=C/C=C/C(=O)OCC(=O)Nc1ccc2c(c1)CCC2. The molecule has 4 heteroatoms. The third-order valence-corrected chi connectivity index (χ3v) is 3.26. The number of hydrogen-bond acceptors (Lipinski definition) is 3. The van der Waals surface area contributed by atoms with Crippen LogP contribution in [0.4, 0.5) is 5.69 Å². The summed E-state index contributed by atoms with van der Waals surface area (Å²) in [5.74, 6) is -0.863. The van der Waals surface area contributed by atoms with Gasteiger partial charge in [-0.15, -0.1) is 0 Å². The van der Waals surface area contributed by atoms with E-state index in [1.54, 1.807) is 18.2 Å². The van der Waals surface area contributed by atoms with Gasteiger partial charge >= 0.3 is 5.97 Å². The first kappa shape index (κ1) is 15.0. The lowest BCUT2D eigenvalue weighted by atomic mass is 10.1. The van der Waals surface area contributed by atoms with Crippen LogP contribution < -0.4 is 5.32 Å². The third kappa shape index (κ3) is 4.60. The van der Waals surface area contributed by atoms with Gasteiger partial charge < -0.3 is 10.1 Å². The summed E-state index contributed by atoms with van der Waals surface area (Å²) in [6, 6.07) is 5.92. The molecule has 1 aliphatic carbocycles. The van der Waals surface area contributed by atoms with Gasteiger partial charge in [-0.2, -0.15) is 0 Å². The van der Waals surface area contributed by atoms with Crippen molar-refractivity contribution in [1.82, 2.24) is 0 Å². The molecule has 110 valence electrons. The van der Waals surface area contributed by atoms with Crippen LogP contribution in [-0.2, 0) is 27.2 Å². The lowest BCUT2D eigenvalue weighted by Gasteiger charge is -2.07. The smallest absolute Gasteiger partial charge is 0.331 e. The zero-order valence-corrected chi connectivity index (χ0v) is 12.1. The molecular formula is C17H19NO3. The zero-order chi connectivity index (χ0) is 15.1. The molecule has 21 heavy (non-hydrogen) atoms. The van der Waals surface area contributed by atoms with E-state index in [0.29, 0.717) is 0 Å². The van der Waals surface area contributed by atoms with Crippen LogP contribution in [0.2, 0.25) is 0 Å². The summed E-state index contributed by atoms with van der Waals surface area (Å²) in [4.78, 5) is 23.0. The molecule has 0 fully saturated rings. The molecule has 0 saturated carbocycles. The summed E-state index contributed by atoms with van der Waals surface area (Å²) < 4.78 is 4.84. The molecule has 1 aromatic carbocycles. The molecule has 1 aromatic rings. The standard InChI is InChI=1S/C17H19NO3/c1-2-3-4-8-17(20)21-12-16(19)18-15-10-9-13-6-5-7-14(13)11-15/h2-4,8-11H,5-7,12H2,1H3,(H,18,19)/b3-2+,8-4+. The van der Waals surface area contributed by atoms with Crippen LogP contribution in [0.25, 0.3) is 0 Å². The van der Waals surface area contributed by atoms with Gasteiger partial charge in [-0.25, -0.2) is 4.79 Å². The van der Waals surface area contributed by atoms with Crippen LogP contribution in [0, 0.1) is 0 Å². The number of carbonyl (C=O) groups is 2. The fourth-order valence-corrected chi connectivity index (χ4v) is 2.28. The Morgan fingerprint density at radius 3 is 2.86 bits per heavy atom. The van der Waals surface area contributed by atoms with E-state index in [9.17, 15) is 9.59 Å². The number of nitrogens with one attached hydrogen (secondary N) is 1. The number of hydrogen-bond donors (Lipinski definition) is 1. The first-order valence-electron chi connectivity index (χ1n) is 7.07. The van der Waals surface area contributed by atoms with Gasteiger partial charge in [-0.3, -0.25) is 4.79 Å². The molecule has 0 aromatic heterocycles. The minimum atomic E-state index is -0.530. The fourth-order valence-electron chi connectivity index (χ4n) is 2.28. The number of rotatable bonds is 5. The summed E-state index contributed by atoms with van der Waals surface area (Å²) in [6.07, 6.45) is 9.70. The van der Waals surface area contributed by atoms with Gasteiger partial charge in [-0.05, 0) is 49.4 Å². The Labute approximate surface area is 124 Å². The van der Waals surface area contributed by atoms with Crippen LogP contribution in [0.5, 0.6) is 0 Å². The van der Waals surface area contributed by atoms with Crippen molar-refractivity contribution in [3.63, 3.8) is 0 Å². The van der Waals surface area contributed by atoms with Gasteiger partial charge in [0, 0.05) is 11.8 Å². The maximum Gasteiger partial charge on any atom is 0.331 e. The quantitative estimate of drug-likeness (QED) is 0.514. The highest BCUT2D eigenvalue weighted by Crippen LogP contribution is 2.24. The molecule has 0 atom stereocenters. The van der Waals surface area contributed by atoms with Crippen LogP contribution in [0.15, 0.2) is 42.5 Å². The van der Waals surface area contributed by atoms with Crippen molar-refractivity contribution in [2.45, 2.75) is 26.2 Å². The number of ether oxygens (including phenoxy) is 1. The third-order valence-electron chi connectivity index (χ3n) is 3.26. The van der Waals surface area contributed by atoms with E-state index in [4.69, 9.17) is 4.74 Å². The van der Waals surface area contributed by atoms with Crippen molar-refractivity contribution in [1.29, 1.82) is 0 Å². The molecule has 0 radical (unpaired) electrons. The van der Waals surface area contributed by atoms with Crippen molar-refractivity contribution in [3.8, 4) is 0 Å². The number of anilines is 1. The topological polar surface area (TPSA) is 55.4 Å². The lowest BCUT2D eigenvalue weighted by molar-refractivity contribution is -0.142. The van der Waals surface area contributed by atoms with Crippen molar-refractivity contribution < 1.29 is 14.3 Å². The largest absolute Gasteiger partial charge is 0.452 e. The first-order chi connectivity index (χ1) is 10.2. The maximum absolute atomic E-state index is 11.7. The Kier molecular flexibility index (Phi) is 5.32. The second-order valence-electron chi connectivity index (χ2n) is 4.88. The molecule has 0 spiro atoms. The lowest BCUT2D eigenvalue weighted by Crippen LogP contribution is -2.20. The molecule has 1 amide bonds. The summed E-state index contributed by atoms with van der Waals surface area (Å²) in [6.45, 7) is 1.57. The molecule has 0 heterocycles. The average Bonchev–Trinajstić information content (AvgIpc) is 2.93. The van der Waals surface area contributed by atoms with E-state index in [0.717, 1.165) is 18.5 Å². The second kappa shape index (κ2) is 7.43. The molecule has 0 aliphatic heterocycles. The zero-order valence-electron chi connectivity index (χ0n) is 12.1. The van der Waals surface area contributed by atoms with Crippen molar-refractivity contribution in [2.75, 3.05) is 11.9 Å². The predicted molar refractivity (Wildman–Crippen MR) is 82.0 cm³/mol. The second-order valence-corrected chi connectivity index (χ2v) is 4.88.